The monoisotopic (exact) mass is 547 g/mol. The Bertz CT molecular complexity index is 1810. The van der Waals surface area contributed by atoms with Crippen molar-refractivity contribution in [2.45, 2.75) is 13.0 Å². The molecule has 2 aromatic heterocycles. The average molecular weight is 548 g/mol. The molecule has 0 spiro atoms. The fraction of sp³-hybridized carbons (Fsp3) is 0.143. The first-order valence-electron chi connectivity index (χ1n) is 11.7. The van der Waals surface area contributed by atoms with Crippen LogP contribution in [0.3, 0.4) is 0 Å². The van der Waals surface area contributed by atoms with Crippen molar-refractivity contribution in [3.63, 3.8) is 0 Å². The molecule has 2 heterocycles. The van der Waals surface area contributed by atoms with Crippen LogP contribution in [0.15, 0.2) is 75.0 Å². The number of ether oxygens (including phenoxy) is 3. The molecule has 198 valence electrons. The summed E-state index contributed by atoms with van der Waals surface area (Å²) in [4.78, 5) is 29.4. The van der Waals surface area contributed by atoms with Crippen molar-refractivity contribution >= 4 is 45.7 Å². The molecule has 0 bridgehead atoms. The SMILES string of the molecule is COc1cc(C=Nn2c(-c3cc4c(OC)cccc4o3)nc3ccccc3c2=O)cc(Cl)c1O[C@H](C)C(=O)O. The van der Waals surface area contributed by atoms with E-state index in [1.807, 2.05) is 6.07 Å². The molecule has 11 heteroatoms. The van der Waals surface area contributed by atoms with Gasteiger partial charge in [0.15, 0.2) is 23.4 Å². The Labute approximate surface area is 226 Å². The fourth-order valence-corrected chi connectivity index (χ4v) is 4.26. The van der Waals surface area contributed by atoms with Gasteiger partial charge in [-0.15, -0.1) is 0 Å². The maximum absolute atomic E-state index is 13.5. The van der Waals surface area contributed by atoms with Gasteiger partial charge < -0.3 is 23.7 Å². The number of para-hydroxylation sites is 1. The number of rotatable bonds is 8. The first-order chi connectivity index (χ1) is 18.8. The summed E-state index contributed by atoms with van der Waals surface area (Å²) in [6.07, 6.45) is 0.256. The Balaban J connectivity index is 1.64. The van der Waals surface area contributed by atoms with Crippen molar-refractivity contribution in [1.29, 1.82) is 0 Å². The summed E-state index contributed by atoms with van der Waals surface area (Å²) in [5.41, 5.74) is 1.09. The predicted molar refractivity (Wildman–Crippen MR) is 146 cm³/mol. The number of furan rings is 1. The van der Waals surface area contributed by atoms with E-state index in [0.29, 0.717) is 33.6 Å². The van der Waals surface area contributed by atoms with Crippen molar-refractivity contribution in [3.8, 4) is 28.8 Å². The zero-order valence-electron chi connectivity index (χ0n) is 21.0. The lowest BCUT2D eigenvalue weighted by Crippen LogP contribution is -2.23. The molecule has 0 aliphatic rings. The third-order valence-electron chi connectivity index (χ3n) is 5.93. The molecular formula is C28H22ClN3O7. The summed E-state index contributed by atoms with van der Waals surface area (Å²) in [5, 5.41) is 14.8. The molecule has 1 atom stereocenters. The maximum atomic E-state index is 13.5. The van der Waals surface area contributed by atoms with Crippen LogP contribution in [0.2, 0.25) is 5.02 Å². The van der Waals surface area contributed by atoms with Crippen LogP contribution in [0.25, 0.3) is 33.5 Å². The molecule has 0 amide bonds. The minimum atomic E-state index is -1.15. The van der Waals surface area contributed by atoms with Gasteiger partial charge in [0.2, 0.25) is 5.82 Å². The average Bonchev–Trinajstić information content (AvgIpc) is 3.38. The highest BCUT2D eigenvalue weighted by Gasteiger charge is 2.20. The number of benzene rings is 3. The van der Waals surface area contributed by atoms with Gasteiger partial charge in [-0.25, -0.2) is 9.78 Å². The lowest BCUT2D eigenvalue weighted by Gasteiger charge is -2.15. The molecule has 0 saturated carbocycles. The maximum Gasteiger partial charge on any atom is 0.344 e. The van der Waals surface area contributed by atoms with E-state index in [2.05, 4.69) is 10.1 Å². The van der Waals surface area contributed by atoms with Crippen LogP contribution in [-0.4, -0.2) is 47.3 Å². The predicted octanol–water partition coefficient (Wildman–Crippen LogP) is 5.21. The lowest BCUT2D eigenvalue weighted by atomic mass is 10.2. The summed E-state index contributed by atoms with van der Waals surface area (Å²) in [6.45, 7) is 1.38. The second-order valence-electron chi connectivity index (χ2n) is 8.43. The van der Waals surface area contributed by atoms with Crippen LogP contribution in [0.1, 0.15) is 12.5 Å². The number of aliphatic carboxylic acids is 1. The number of carboxylic acids is 1. The summed E-state index contributed by atoms with van der Waals surface area (Å²) >= 11 is 6.39. The fourth-order valence-electron chi connectivity index (χ4n) is 3.99. The molecule has 0 unspecified atom stereocenters. The molecule has 0 fully saturated rings. The summed E-state index contributed by atoms with van der Waals surface area (Å²) < 4.78 is 23.4. The number of aromatic nitrogens is 2. The van der Waals surface area contributed by atoms with Crippen molar-refractivity contribution in [2.24, 2.45) is 5.10 Å². The Morgan fingerprint density at radius 3 is 2.59 bits per heavy atom. The highest BCUT2D eigenvalue weighted by atomic mass is 35.5. The Kier molecular flexibility index (Phi) is 6.95. The van der Waals surface area contributed by atoms with Gasteiger partial charge in [0, 0.05) is 0 Å². The quantitative estimate of drug-likeness (QED) is 0.262. The van der Waals surface area contributed by atoms with Gasteiger partial charge in [0.05, 0.1) is 41.7 Å². The van der Waals surface area contributed by atoms with Gasteiger partial charge in [-0.3, -0.25) is 4.79 Å². The number of fused-ring (bicyclic) bond motifs is 2. The van der Waals surface area contributed by atoms with Crippen molar-refractivity contribution in [1.82, 2.24) is 9.66 Å². The van der Waals surface area contributed by atoms with E-state index in [1.54, 1.807) is 55.6 Å². The van der Waals surface area contributed by atoms with Crippen LogP contribution in [0, 0.1) is 0 Å². The summed E-state index contributed by atoms with van der Waals surface area (Å²) in [6, 6.07) is 17.1. The van der Waals surface area contributed by atoms with Crippen LogP contribution in [-0.2, 0) is 4.79 Å². The first kappa shape index (κ1) is 25.8. The Morgan fingerprint density at radius 2 is 1.85 bits per heavy atom. The van der Waals surface area contributed by atoms with Crippen LogP contribution in [0.4, 0.5) is 0 Å². The molecule has 0 aliphatic heterocycles. The molecule has 5 aromatic rings. The number of nitrogens with zero attached hydrogens (tertiary/aromatic N) is 3. The molecular weight excluding hydrogens is 526 g/mol. The largest absolute Gasteiger partial charge is 0.496 e. The molecule has 39 heavy (non-hydrogen) atoms. The van der Waals surface area contributed by atoms with Crippen LogP contribution in [0.5, 0.6) is 17.2 Å². The number of methoxy groups -OCH3 is 2. The molecule has 0 radical (unpaired) electrons. The van der Waals surface area contributed by atoms with E-state index < -0.39 is 17.6 Å². The molecule has 10 nitrogen and oxygen atoms in total. The number of halogens is 1. The third-order valence-corrected chi connectivity index (χ3v) is 6.21. The number of hydrogen-bond acceptors (Lipinski definition) is 8. The third kappa shape index (κ3) is 4.89. The van der Waals surface area contributed by atoms with E-state index in [4.69, 9.17) is 30.2 Å². The highest BCUT2D eigenvalue weighted by molar-refractivity contribution is 6.32. The second kappa shape index (κ2) is 10.5. The van der Waals surface area contributed by atoms with E-state index in [-0.39, 0.29) is 22.3 Å². The van der Waals surface area contributed by atoms with Gasteiger partial charge in [0.25, 0.3) is 5.56 Å². The van der Waals surface area contributed by atoms with E-state index >= 15 is 0 Å². The van der Waals surface area contributed by atoms with E-state index in [9.17, 15) is 14.7 Å². The topological polar surface area (TPSA) is 125 Å². The second-order valence-corrected chi connectivity index (χ2v) is 8.84. The summed E-state index contributed by atoms with van der Waals surface area (Å²) in [5.74, 6) is 0.232. The molecule has 5 rings (SSSR count). The van der Waals surface area contributed by atoms with Gasteiger partial charge in [-0.1, -0.05) is 29.8 Å². The minimum absolute atomic E-state index is 0.0765. The molecule has 3 aromatic carbocycles. The number of carboxylic acid groups (broad SMARTS) is 1. The van der Waals surface area contributed by atoms with Crippen molar-refractivity contribution in [2.75, 3.05) is 14.2 Å². The van der Waals surface area contributed by atoms with Gasteiger partial charge in [-0.05, 0) is 55.0 Å². The molecule has 1 N–H and O–H groups in total. The summed E-state index contributed by atoms with van der Waals surface area (Å²) in [7, 11) is 2.96. The van der Waals surface area contributed by atoms with Gasteiger partial charge >= 0.3 is 5.97 Å². The van der Waals surface area contributed by atoms with Crippen molar-refractivity contribution in [3.05, 3.63) is 81.6 Å². The Morgan fingerprint density at radius 1 is 1.08 bits per heavy atom. The minimum Gasteiger partial charge on any atom is -0.496 e. The normalized spacial score (nSPS) is 12.2. The molecule has 0 saturated heterocycles. The van der Waals surface area contributed by atoms with E-state index in [1.165, 1.54) is 26.3 Å². The zero-order valence-corrected chi connectivity index (χ0v) is 21.8. The van der Waals surface area contributed by atoms with E-state index in [0.717, 1.165) is 10.1 Å². The standard InChI is InChI=1S/C28H22ClN3O7/c1-15(28(34)35)38-25-19(29)11-16(12-23(25)37-3)14-30-32-26(31-20-8-5-4-7-17(20)27(32)33)24-13-18-21(36-2)9-6-10-22(18)39-24/h4-15H,1-3H3,(H,34,35)/t15-/m1/s1. The number of hydrogen-bond donors (Lipinski definition) is 1. The number of carbonyl (C=O) groups is 1. The van der Waals surface area contributed by atoms with Crippen LogP contribution >= 0.6 is 11.6 Å². The smallest absolute Gasteiger partial charge is 0.344 e. The van der Waals surface area contributed by atoms with Crippen molar-refractivity contribution < 1.29 is 28.5 Å². The van der Waals surface area contributed by atoms with Gasteiger partial charge in [-0.2, -0.15) is 9.78 Å². The first-order valence-corrected chi connectivity index (χ1v) is 12.1. The van der Waals surface area contributed by atoms with Crippen LogP contribution < -0.4 is 19.8 Å². The Hall–Kier alpha value is -4.83. The van der Waals surface area contributed by atoms with Gasteiger partial charge in [0.1, 0.15) is 11.3 Å². The zero-order chi connectivity index (χ0) is 27.7. The lowest BCUT2D eigenvalue weighted by molar-refractivity contribution is -0.144. The highest BCUT2D eigenvalue weighted by Crippen LogP contribution is 2.37. The molecule has 0 aliphatic carbocycles.